The molecule has 4 aliphatic rings. The Morgan fingerprint density at radius 2 is 1.83 bits per heavy atom. The van der Waals surface area contributed by atoms with Crippen molar-refractivity contribution in [2.24, 2.45) is 0 Å². The Labute approximate surface area is 204 Å². The Morgan fingerprint density at radius 3 is 2.57 bits per heavy atom. The van der Waals surface area contributed by atoms with Gasteiger partial charge in [0, 0.05) is 65.4 Å². The highest BCUT2D eigenvalue weighted by molar-refractivity contribution is 5.96. The minimum Gasteiger partial charge on any atom is -0.337 e. The van der Waals surface area contributed by atoms with E-state index in [0.29, 0.717) is 17.1 Å². The second-order valence-electron chi connectivity index (χ2n) is 10.6. The molecule has 7 heteroatoms. The fourth-order valence-corrected chi connectivity index (χ4v) is 6.31. The zero-order valence-electron chi connectivity index (χ0n) is 19.6. The molecular formula is C28H28FN5O. The van der Waals surface area contributed by atoms with E-state index in [1.807, 2.05) is 23.1 Å². The number of hydrogen-bond acceptors (Lipinski definition) is 5. The predicted molar refractivity (Wildman–Crippen MR) is 132 cm³/mol. The van der Waals surface area contributed by atoms with Gasteiger partial charge in [-0.15, -0.1) is 0 Å². The maximum atomic E-state index is 14.2. The second-order valence-corrected chi connectivity index (χ2v) is 10.6. The first-order valence-electron chi connectivity index (χ1n) is 12.6. The van der Waals surface area contributed by atoms with Crippen LogP contribution in [0.1, 0.15) is 48.0 Å². The minimum absolute atomic E-state index is 0.103. The zero-order valence-corrected chi connectivity index (χ0v) is 19.6. The third-order valence-electron chi connectivity index (χ3n) is 8.46. The SMILES string of the molecule is O=C(c1ccc2c(c1)N(c1ncc(-c3ccccc3F)cn1)CC21CC1)N1CCC2(CCCN2)C1. The number of amides is 1. The quantitative estimate of drug-likeness (QED) is 0.615. The Morgan fingerprint density at radius 1 is 1.00 bits per heavy atom. The molecule has 3 aromatic rings. The molecule has 2 spiro atoms. The van der Waals surface area contributed by atoms with Gasteiger partial charge in [-0.05, 0) is 62.4 Å². The second kappa shape index (κ2) is 7.59. The molecule has 0 radical (unpaired) electrons. The van der Waals surface area contributed by atoms with Crippen molar-refractivity contribution < 1.29 is 9.18 Å². The van der Waals surface area contributed by atoms with Gasteiger partial charge in [-0.1, -0.05) is 24.3 Å². The van der Waals surface area contributed by atoms with Crippen LogP contribution in [0.4, 0.5) is 16.0 Å². The number of likely N-dealkylation sites (tertiary alicyclic amines) is 1. The zero-order chi connectivity index (χ0) is 23.6. The Bertz CT molecular complexity index is 1310. The molecule has 3 aliphatic heterocycles. The van der Waals surface area contributed by atoms with Crippen LogP contribution in [-0.4, -0.2) is 52.5 Å². The number of nitrogens with zero attached hydrogens (tertiary/aromatic N) is 4. The number of carbonyl (C=O) groups is 1. The number of nitrogens with one attached hydrogen (secondary N) is 1. The van der Waals surface area contributed by atoms with E-state index in [2.05, 4.69) is 26.3 Å². The van der Waals surface area contributed by atoms with Gasteiger partial charge >= 0.3 is 0 Å². The Hall–Kier alpha value is -3.32. The molecule has 1 aromatic heterocycles. The van der Waals surface area contributed by atoms with Crippen molar-refractivity contribution in [3.8, 4) is 11.1 Å². The summed E-state index contributed by atoms with van der Waals surface area (Å²) in [6.07, 6.45) is 9.01. The first kappa shape index (κ1) is 21.0. The Kier molecular flexibility index (Phi) is 4.55. The highest BCUT2D eigenvalue weighted by Crippen LogP contribution is 2.57. The number of aromatic nitrogens is 2. The van der Waals surface area contributed by atoms with Crippen molar-refractivity contribution in [1.82, 2.24) is 20.2 Å². The summed E-state index contributed by atoms with van der Waals surface area (Å²) >= 11 is 0. The maximum absolute atomic E-state index is 14.2. The van der Waals surface area contributed by atoms with Crippen molar-refractivity contribution in [3.05, 3.63) is 71.8 Å². The van der Waals surface area contributed by atoms with Crippen LogP contribution in [0.25, 0.3) is 11.1 Å². The molecule has 1 amide bonds. The van der Waals surface area contributed by atoms with Crippen LogP contribution in [-0.2, 0) is 5.41 Å². The number of carbonyl (C=O) groups excluding carboxylic acids is 1. The normalized spacial score (nSPS) is 23.9. The largest absolute Gasteiger partial charge is 0.337 e. The fraction of sp³-hybridized carbons (Fsp3) is 0.393. The lowest BCUT2D eigenvalue weighted by atomic mass is 9.96. The molecule has 35 heavy (non-hydrogen) atoms. The van der Waals surface area contributed by atoms with Crippen molar-refractivity contribution in [1.29, 1.82) is 0 Å². The lowest BCUT2D eigenvalue weighted by Gasteiger charge is -2.24. The van der Waals surface area contributed by atoms with E-state index >= 15 is 0 Å². The Balaban J connectivity index is 1.19. The number of benzene rings is 2. The van der Waals surface area contributed by atoms with Crippen molar-refractivity contribution in [2.45, 2.75) is 43.1 Å². The molecule has 2 saturated heterocycles. The van der Waals surface area contributed by atoms with Gasteiger partial charge in [-0.25, -0.2) is 14.4 Å². The highest BCUT2D eigenvalue weighted by Gasteiger charge is 2.52. The van der Waals surface area contributed by atoms with Crippen LogP contribution in [0.2, 0.25) is 0 Å². The number of hydrogen-bond donors (Lipinski definition) is 1. The molecule has 3 fully saturated rings. The van der Waals surface area contributed by atoms with E-state index in [1.54, 1.807) is 24.5 Å². The highest BCUT2D eigenvalue weighted by atomic mass is 19.1. The van der Waals surface area contributed by atoms with Crippen LogP contribution >= 0.6 is 0 Å². The third-order valence-corrected chi connectivity index (χ3v) is 8.46. The van der Waals surface area contributed by atoms with E-state index in [0.717, 1.165) is 63.1 Å². The fourth-order valence-electron chi connectivity index (χ4n) is 6.31. The first-order chi connectivity index (χ1) is 17.1. The van der Waals surface area contributed by atoms with Gasteiger partial charge in [0.15, 0.2) is 0 Å². The molecular weight excluding hydrogens is 441 g/mol. The molecule has 1 N–H and O–H groups in total. The third kappa shape index (κ3) is 3.36. The molecule has 0 bridgehead atoms. The standard InChI is InChI=1S/C28H28FN5O/c29-23-5-2-1-4-21(23)20-15-30-26(31-16-20)34-17-27(9-10-27)22-7-6-19(14-24(22)34)25(35)33-13-11-28(18-33)8-3-12-32-28/h1-2,4-7,14-16,32H,3,8-13,17-18H2. The molecule has 178 valence electrons. The van der Waals surface area contributed by atoms with Gasteiger partial charge in [-0.2, -0.15) is 0 Å². The summed E-state index contributed by atoms with van der Waals surface area (Å²) < 4.78 is 14.2. The molecule has 6 nitrogen and oxygen atoms in total. The molecule has 1 atom stereocenters. The number of anilines is 2. The topological polar surface area (TPSA) is 61.4 Å². The molecule has 1 aliphatic carbocycles. The van der Waals surface area contributed by atoms with E-state index in [4.69, 9.17) is 0 Å². The van der Waals surface area contributed by atoms with E-state index in [-0.39, 0.29) is 22.7 Å². The van der Waals surface area contributed by atoms with Crippen LogP contribution in [0, 0.1) is 5.82 Å². The molecule has 1 saturated carbocycles. The van der Waals surface area contributed by atoms with Gasteiger partial charge in [0.2, 0.25) is 5.95 Å². The van der Waals surface area contributed by atoms with Gasteiger partial charge in [0.05, 0.1) is 0 Å². The summed E-state index contributed by atoms with van der Waals surface area (Å²) in [5.74, 6) is 0.410. The molecule has 4 heterocycles. The summed E-state index contributed by atoms with van der Waals surface area (Å²) in [6.45, 7) is 3.46. The smallest absolute Gasteiger partial charge is 0.253 e. The van der Waals surface area contributed by atoms with Crippen LogP contribution in [0.5, 0.6) is 0 Å². The summed E-state index contributed by atoms with van der Waals surface area (Å²) in [5, 5.41) is 3.64. The first-order valence-corrected chi connectivity index (χ1v) is 12.6. The van der Waals surface area contributed by atoms with E-state index in [1.165, 1.54) is 18.1 Å². The van der Waals surface area contributed by atoms with E-state index in [9.17, 15) is 9.18 Å². The van der Waals surface area contributed by atoms with Gasteiger partial charge in [0.25, 0.3) is 5.91 Å². The van der Waals surface area contributed by atoms with Crippen LogP contribution in [0.3, 0.4) is 0 Å². The summed E-state index contributed by atoms with van der Waals surface area (Å²) in [7, 11) is 0. The lowest BCUT2D eigenvalue weighted by Crippen LogP contribution is -2.43. The maximum Gasteiger partial charge on any atom is 0.253 e. The number of halogens is 1. The van der Waals surface area contributed by atoms with E-state index < -0.39 is 0 Å². The van der Waals surface area contributed by atoms with Crippen molar-refractivity contribution >= 4 is 17.5 Å². The minimum atomic E-state index is -0.285. The molecule has 2 aromatic carbocycles. The molecule has 7 rings (SSSR count). The predicted octanol–water partition coefficient (Wildman–Crippen LogP) is 4.43. The average Bonchev–Trinajstić information content (AvgIpc) is 3.20. The number of rotatable bonds is 3. The van der Waals surface area contributed by atoms with Crippen molar-refractivity contribution in [3.63, 3.8) is 0 Å². The van der Waals surface area contributed by atoms with Crippen molar-refractivity contribution in [2.75, 3.05) is 31.1 Å². The monoisotopic (exact) mass is 469 g/mol. The summed E-state index contributed by atoms with van der Waals surface area (Å²) in [4.78, 5) is 26.8. The van der Waals surface area contributed by atoms with Gasteiger partial charge in [0.1, 0.15) is 5.82 Å². The average molecular weight is 470 g/mol. The lowest BCUT2D eigenvalue weighted by molar-refractivity contribution is 0.0782. The molecule has 1 unspecified atom stereocenters. The summed E-state index contributed by atoms with van der Waals surface area (Å²) in [5.41, 5.74) is 4.43. The summed E-state index contributed by atoms with van der Waals surface area (Å²) in [6, 6.07) is 12.8. The van der Waals surface area contributed by atoms with Gasteiger partial charge in [-0.3, -0.25) is 4.79 Å². The van der Waals surface area contributed by atoms with Gasteiger partial charge < -0.3 is 15.1 Å². The van der Waals surface area contributed by atoms with Crippen LogP contribution in [0.15, 0.2) is 54.9 Å². The number of fused-ring (bicyclic) bond motifs is 2. The van der Waals surface area contributed by atoms with Crippen LogP contribution < -0.4 is 10.2 Å².